The highest BCUT2D eigenvalue weighted by molar-refractivity contribution is 6.30. The predicted molar refractivity (Wildman–Crippen MR) is 54.4 cm³/mol. The van der Waals surface area contributed by atoms with Crippen LogP contribution in [0.1, 0.15) is 24.5 Å². The molecule has 1 aliphatic rings. The molecule has 1 N–H and O–H groups in total. The van der Waals surface area contributed by atoms with Gasteiger partial charge in [0.05, 0.1) is 16.6 Å². The molecular weight excluding hydrogens is 216 g/mol. The lowest BCUT2D eigenvalue weighted by Gasteiger charge is -2.19. The minimum atomic E-state index is -0.333. The van der Waals surface area contributed by atoms with Crippen molar-refractivity contribution in [2.45, 2.75) is 18.8 Å². The number of nitrogens with zero attached hydrogens (tertiary/aromatic N) is 1. The lowest BCUT2D eigenvalue weighted by atomic mass is 9.94. The molecule has 0 saturated carbocycles. The van der Waals surface area contributed by atoms with E-state index in [-0.39, 0.29) is 17.7 Å². The van der Waals surface area contributed by atoms with Gasteiger partial charge >= 0.3 is 0 Å². The normalized spacial score (nSPS) is 21.3. The number of carbonyl (C=O) groups excluding carboxylic acids is 2. The Balaban J connectivity index is 2.20. The van der Waals surface area contributed by atoms with Crippen LogP contribution in [0.25, 0.3) is 0 Å². The van der Waals surface area contributed by atoms with Gasteiger partial charge in [-0.15, -0.1) is 0 Å². The lowest BCUT2D eigenvalue weighted by Crippen LogP contribution is -2.39. The Bertz CT molecular complexity index is 402. The van der Waals surface area contributed by atoms with Gasteiger partial charge in [-0.05, 0) is 18.6 Å². The van der Waals surface area contributed by atoms with E-state index in [4.69, 9.17) is 11.6 Å². The molecule has 15 heavy (non-hydrogen) atoms. The Labute approximate surface area is 91.6 Å². The second kappa shape index (κ2) is 3.98. The Kier molecular flexibility index (Phi) is 2.68. The monoisotopic (exact) mass is 224 g/mol. The van der Waals surface area contributed by atoms with Crippen LogP contribution in [0.2, 0.25) is 5.02 Å². The van der Waals surface area contributed by atoms with Crippen molar-refractivity contribution in [1.82, 2.24) is 10.3 Å². The van der Waals surface area contributed by atoms with E-state index in [2.05, 4.69) is 10.3 Å². The molecule has 2 rings (SSSR count). The summed E-state index contributed by atoms with van der Waals surface area (Å²) in [4.78, 5) is 26.5. The first-order valence-electron chi connectivity index (χ1n) is 4.62. The summed E-state index contributed by atoms with van der Waals surface area (Å²) in [5, 5.41) is 2.82. The highest BCUT2D eigenvalue weighted by Crippen LogP contribution is 2.23. The molecule has 0 radical (unpaired) electrons. The molecule has 1 fully saturated rings. The third kappa shape index (κ3) is 2.15. The van der Waals surface area contributed by atoms with Crippen molar-refractivity contribution >= 4 is 23.4 Å². The molecule has 1 saturated heterocycles. The molecule has 4 nitrogen and oxygen atoms in total. The van der Waals surface area contributed by atoms with E-state index in [1.807, 2.05) is 0 Å². The van der Waals surface area contributed by atoms with Gasteiger partial charge in [-0.25, -0.2) is 0 Å². The molecule has 0 aromatic carbocycles. The summed E-state index contributed by atoms with van der Waals surface area (Å²) < 4.78 is 0. The summed E-state index contributed by atoms with van der Waals surface area (Å²) in [6.45, 7) is 0. The molecule has 1 atom stereocenters. The van der Waals surface area contributed by atoms with Gasteiger partial charge in [0, 0.05) is 12.6 Å². The predicted octanol–water partition coefficient (Wildman–Crippen LogP) is 1.26. The van der Waals surface area contributed by atoms with Gasteiger partial charge in [0.2, 0.25) is 11.8 Å². The van der Waals surface area contributed by atoms with E-state index in [1.165, 1.54) is 6.20 Å². The van der Waals surface area contributed by atoms with Gasteiger partial charge in [0.15, 0.2) is 0 Å². The maximum atomic E-state index is 11.5. The van der Waals surface area contributed by atoms with Gasteiger partial charge in [0.1, 0.15) is 0 Å². The maximum absolute atomic E-state index is 11.5. The van der Waals surface area contributed by atoms with E-state index in [0.717, 1.165) is 0 Å². The fourth-order valence-corrected chi connectivity index (χ4v) is 1.68. The molecule has 0 spiro atoms. The van der Waals surface area contributed by atoms with E-state index >= 15 is 0 Å². The molecule has 0 aliphatic carbocycles. The minimum absolute atomic E-state index is 0.217. The maximum Gasteiger partial charge on any atom is 0.235 e. The number of carbonyl (C=O) groups is 2. The number of amides is 2. The van der Waals surface area contributed by atoms with Gasteiger partial charge in [0.25, 0.3) is 0 Å². The van der Waals surface area contributed by atoms with Crippen LogP contribution in [-0.4, -0.2) is 16.8 Å². The van der Waals surface area contributed by atoms with Crippen LogP contribution in [0.15, 0.2) is 18.3 Å². The van der Waals surface area contributed by atoms with Crippen LogP contribution in [0.4, 0.5) is 0 Å². The molecule has 78 valence electrons. The molecule has 0 bridgehead atoms. The molecule has 1 aromatic rings. The van der Waals surface area contributed by atoms with Crippen LogP contribution in [0, 0.1) is 0 Å². The van der Waals surface area contributed by atoms with Gasteiger partial charge < -0.3 is 0 Å². The average Bonchev–Trinajstić information content (AvgIpc) is 2.20. The molecular formula is C10H9ClN2O2. The van der Waals surface area contributed by atoms with E-state index < -0.39 is 0 Å². The molecule has 1 unspecified atom stereocenters. The zero-order valence-electron chi connectivity index (χ0n) is 7.87. The molecule has 5 heteroatoms. The van der Waals surface area contributed by atoms with E-state index in [0.29, 0.717) is 23.6 Å². The number of rotatable bonds is 1. The second-order valence-corrected chi connectivity index (χ2v) is 3.84. The number of piperidine rings is 1. The van der Waals surface area contributed by atoms with Crippen LogP contribution in [-0.2, 0) is 9.59 Å². The van der Waals surface area contributed by atoms with Crippen LogP contribution >= 0.6 is 11.6 Å². The Hall–Kier alpha value is -1.42. The summed E-state index contributed by atoms with van der Waals surface area (Å²) in [5.41, 5.74) is 0.657. The number of pyridine rings is 1. The lowest BCUT2D eigenvalue weighted by molar-refractivity contribution is -0.134. The topological polar surface area (TPSA) is 59.1 Å². The third-order valence-corrected chi connectivity index (χ3v) is 2.57. The van der Waals surface area contributed by atoms with Crippen molar-refractivity contribution in [1.29, 1.82) is 0 Å². The first-order chi connectivity index (χ1) is 7.16. The average molecular weight is 225 g/mol. The highest BCUT2D eigenvalue weighted by Gasteiger charge is 2.28. The first-order valence-corrected chi connectivity index (χ1v) is 5.00. The number of hydrogen-bond donors (Lipinski definition) is 1. The molecule has 1 aromatic heterocycles. The summed E-state index contributed by atoms with van der Waals surface area (Å²) in [7, 11) is 0. The SMILES string of the molecule is O=C1CCC(c2ccc(Cl)cn2)C(=O)N1. The number of halogens is 1. The minimum Gasteiger partial charge on any atom is -0.296 e. The van der Waals surface area contributed by atoms with Crippen LogP contribution in [0.3, 0.4) is 0 Å². The summed E-state index contributed by atoms with van der Waals surface area (Å²) in [5.74, 6) is -0.828. The fraction of sp³-hybridized carbons (Fsp3) is 0.300. The van der Waals surface area contributed by atoms with Gasteiger partial charge in [-0.2, -0.15) is 0 Å². The highest BCUT2D eigenvalue weighted by atomic mass is 35.5. The number of nitrogens with one attached hydrogen (secondary N) is 1. The van der Waals surface area contributed by atoms with Crippen LogP contribution in [0.5, 0.6) is 0 Å². The second-order valence-electron chi connectivity index (χ2n) is 3.40. The standard InChI is InChI=1S/C10H9ClN2O2/c11-6-1-3-8(12-5-6)7-2-4-9(14)13-10(7)15/h1,3,5,7H,2,4H2,(H,13,14,15). The number of imide groups is 1. The van der Waals surface area contributed by atoms with Crippen molar-refractivity contribution in [2.75, 3.05) is 0 Å². The molecule has 2 heterocycles. The zero-order valence-corrected chi connectivity index (χ0v) is 8.62. The summed E-state index contributed by atoms with van der Waals surface area (Å²) in [6, 6.07) is 3.40. The number of aromatic nitrogens is 1. The largest absolute Gasteiger partial charge is 0.296 e. The number of hydrogen-bond acceptors (Lipinski definition) is 3. The van der Waals surface area contributed by atoms with Gasteiger partial charge in [-0.3, -0.25) is 19.9 Å². The summed E-state index contributed by atoms with van der Waals surface area (Å²) in [6.07, 6.45) is 2.38. The van der Waals surface area contributed by atoms with E-state index in [9.17, 15) is 9.59 Å². The molecule has 2 amide bonds. The van der Waals surface area contributed by atoms with Crippen LogP contribution < -0.4 is 5.32 Å². The quantitative estimate of drug-likeness (QED) is 0.731. The van der Waals surface area contributed by atoms with E-state index in [1.54, 1.807) is 12.1 Å². The smallest absolute Gasteiger partial charge is 0.235 e. The first kappa shape index (κ1) is 10.1. The molecule has 1 aliphatic heterocycles. The Morgan fingerprint density at radius 3 is 2.80 bits per heavy atom. The summed E-state index contributed by atoms with van der Waals surface area (Å²) >= 11 is 5.69. The third-order valence-electron chi connectivity index (χ3n) is 2.35. The van der Waals surface area contributed by atoms with Crippen molar-refractivity contribution < 1.29 is 9.59 Å². The van der Waals surface area contributed by atoms with Crippen molar-refractivity contribution in [3.05, 3.63) is 29.0 Å². The van der Waals surface area contributed by atoms with Crippen molar-refractivity contribution in [2.24, 2.45) is 0 Å². The zero-order chi connectivity index (χ0) is 10.8. The fourth-order valence-electron chi connectivity index (χ4n) is 1.57. The Morgan fingerprint density at radius 1 is 1.40 bits per heavy atom. The van der Waals surface area contributed by atoms with Crippen molar-refractivity contribution in [3.63, 3.8) is 0 Å². The van der Waals surface area contributed by atoms with Crippen molar-refractivity contribution in [3.8, 4) is 0 Å². The Morgan fingerprint density at radius 2 is 2.20 bits per heavy atom. The van der Waals surface area contributed by atoms with Gasteiger partial charge in [-0.1, -0.05) is 11.6 Å².